The van der Waals surface area contributed by atoms with Gasteiger partial charge in [-0.1, -0.05) is 19.9 Å². The first-order chi connectivity index (χ1) is 5.02. The predicted octanol–water partition coefficient (Wildman–Crippen LogP) is 1.00. The van der Waals surface area contributed by atoms with Crippen molar-refractivity contribution in [1.82, 2.24) is 0 Å². The van der Waals surface area contributed by atoms with Crippen molar-refractivity contribution in [1.29, 1.82) is 0 Å². The third kappa shape index (κ3) is 7.06. The van der Waals surface area contributed by atoms with Crippen LogP contribution < -0.4 is 5.73 Å². The van der Waals surface area contributed by atoms with Crippen molar-refractivity contribution < 1.29 is 9.90 Å². The van der Waals surface area contributed by atoms with Crippen molar-refractivity contribution in [2.45, 2.75) is 26.3 Å². The van der Waals surface area contributed by atoms with Gasteiger partial charge >= 0.3 is 5.97 Å². The lowest BCUT2D eigenvalue weighted by atomic mass is 10.0. The molecule has 0 rings (SSSR count). The van der Waals surface area contributed by atoms with Crippen LogP contribution in [-0.4, -0.2) is 17.1 Å². The van der Waals surface area contributed by atoms with Crippen LogP contribution in [0.5, 0.6) is 0 Å². The molecule has 3 N–H and O–H groups in total. The molecule has 64 valence electrons. The van der Waals surface area contributed by atoms with Gasteiger partial charge in [-0.15, -0.1) is 0 Å². The van der Waals surface area contributed by atoms with Crippen LogP contribution >= 0.6 is 0 Å². The molecule has 0 saturated heterocycles. The summed E-state index contributed by atoms with van der Waals surface area (Å²) in [6.07, 6.45) is 3.43. The van der Waals surface area contributed by atoms with E-state index in [0.717, 1.165) is 12.5 Å². The SMILES string of the molecule is CC(C)C[C@H](N)/C=C/C(=O)O. The van der Waals surface area contributed by atoms with Gasteiger partial charge < -0.3 is 10.8 Å². The fourth-order valence-electron chi connectivity index (χ4n) is 0.829. The summed E-state index contributed by atoms with van der Waals surface area (Å²) in [5.74, 6) is -0.437. The molecule has 0 amide bonds. The molecule has 0 aliphatic carbocycles. The molecule has 0 aromatic carbocycles. The van der Waals surface area contributed by atoms with Crippen molar-refractivity contribution in [2.24, 2.45) is 11.7 Å². The lowest BCUT2D eigenvalue weighted by molar-refractivity contribution is -0.131. The van der Waals surface area contributed by atoms with E-state index >= 15 is 0 Å². The van der Waals surface area contributed by atoms with E-state index in [9.17, 15) is 4.79 Å². The van der Waals surface area contributed by atoms with Gasteiger partial charge in [-0.25, -0.2) is 4.79 Å². The molecule has 0 heterocycles. The Kier molecular flexibility index (Phi) is 4.54. The van der Waals surface area contributed by atoms with Gasteiger partial charge in [0.25, 0.3) is 0 Å². The minimum absolute atomic E-state index is 0.133. The van der Waals surface area contributed by atoms with E-state index in [2.05, 4.69) is 13.8 Å². The highest BCUT2D eigenvalue weighted by Crippen LogP contribution is 2.02. The molecule has 11 heavy (non-hydrogen) atoms. The maximum Gasteiger partial charge on any atom is 0.328 e. The fourth-order valence-corrected chi connectivity index (χ4v) is 0.829. The van der Waals surface area contributed by atoms with Crippen LogP contribution in [0.4, 0.5) is 0 Å². The van der Waals surface area contributed by atoms with Gasteiger partial charge in [0, 0.05) is 12.1 Å². The van der Waals surface area contributed by atoms with Crippen LogP contribution in [0.25, 0.3) is 0 Å². The highest BCUT2D eigenvalue weighted by molar-refractivity contribution is 5.79. The molecule has 3 nitrogen and oxygen atoms in total. The number of hydrogen-bond acceptors (Lipinski definition) is 2. The number of carboxylic acids is 1. The Balaban J connectivity index is 3.68. The van der Waals surface area contributed by atoms with Crippen LogP contribution in [0.3, 0.4) is 0 Å². The number of nitrogens with two attached hydrogens (primary N) is 1. The van der Waals surface area contributed by atoms with Gasteiger partial charge in [0.1, 0.15) is 0 Å². The predicted molar refractivity (Wildman–Crippen MR) is 44.2 cm³/mol. The molecule has 0 aliphatic rings. The summed E-state index contributed by atoms with van der Waals surface area (Å²) in [6, 6.07) is -0.133. The Hall–Kier alpha value is -0.830. The first-order valence-electron chi connectivity index (χ1n) is 3.69. The first-order valence-corrected chi connectivity index (χ1v) is 3.69. The maximum absolute atomic E-state index is 10.0. The first kappa shape index (κ1) is 10.2. The highest BCUT2D eigenvalue weighted by atomic mass is 16.4. The van der Waals surface area contributed by atoms with Crippen molar-refractivity contribution in [3.05, 3.63) is 12.2 Å². The van der Waals surface area contributed by atoms with E-state index in [0.29, 0.717) is 5.92 Å². The summed E-state index contributed by atoms with van der Waals surface area (Å²) in [6.45, 7) is 4.10. The van der Waals surface area contributed by atoms with Gasteiger partial charge in [0.2, 0.25) is 0 Å². The van der Waals surface area contributed by atoms with Gasteiger partial charge in [-0.05, 0) is 12.3 Å². The quantitative estimate of drug-likeness (QED) is 0.598. The molecule has 1 atom stereocenters. The number of carboxylic acid groups (broad SMARTS) is 1. The average molecular weight is 157 g/mol. The molecule has 0 aliphatic heterocycles. The zero-order valence-electron chi connectivity index (χ0n) is 6.95. The minimum atomic E-state index is -0.941. The molecule has 0 radical (unpaired) electrons. The zero-order valence-corrected chi connectivity index (χ0v) is 6.95. The van der Waals surface area contributed by atoms with E-state index in [1.165, 1.54) is 6.08 Å². The van der Waals surface area contributed by atoms with Crippen LogP contribution in [0.1, 0.15) is 20.3 Å². The monoisotopic (exact) mass is 157 g/mol. The fraction of sp³-hybridized carbons (Fsp3) is 0.625. The topological polar surface area (TPSA) is 63.3 Å². The van der Waals surface area contributed by atoms with Crippen molar-refractivity contribution in [3.8, 4) is 0 Å². The van der Waals surface area contributed by atoms with Crippen LogP contribution in [-0.2, 0) is 4.79 Å². The standard InChI is InChI=1S/C8H15NO2/c1-6(2)5-7(9)3-4-8(10)11/h3-4,6-7H,5,9H2,1-2H3,(H,10,11)/b4-3+/t7-/m1/s1. The molecule has 0 spiro atoms. The summed E-state index contributed by atoms with van der Waals surface area (Å²) in [5.41, 5.74) is 5.57. The normalized spacial score (nSPS) is 14.2. The number of carbonyl (C=O) groups is 1. The molecule has 0 fully saturated rings. The van der Waals surface area contributed by atoms with E-state index in [1.54, 1.807) is 0 Å². The molecular formula is C8H15NO2. The smallest absolute Gasteiger partial charge is 0.328 e. The number of rotatable bonds is 4. The zero-order chi connectivity index (χ0) is 8.85. The highest BCUT2D eigenvalue weighted by Gasteiger charge is 2.00. The lowest BCUT2D eigenvalue weighted by Crippen LogP contribution is -2.19. The van der Waals surface area contributed by atoms with Crippen LogP contribution in [0.2, 0.25) is 0 Å². The second kappa shape index (κ2) is 4.91. The summed E-state index contributed by atoms with van der Waals surface area (Å²) in [7, 11) is 0. The lowest BCUT2D eigenvalue weighted by Gasteiger charge is -2.07. The van der Waals surface area contributed by atoms with E-state index in [1.807, 2.05) is 0 Å². The largest absolute Gasteiger partial charge is 0.478 e. The van der Waals surface area contributed by atoms with Gasteiger partial charge in [0.05, 0.1) is 0 Å². The molecular weight excluding hydrogens is 142 g/mol. The molecule has 0 saturated carbocycles. The van der Waals surface area contributed by atoms with E-state index in [4.69, 9.17) is 10.8 Å². The maximum atomic E-state index is 10.0. The van der Waals surface area contributed by atoms with Crippen molar-refractivity contribution >= 4 is 5.97 Å². The summed E-state index contributed by atoms with van der Waals surface area (Å²) in [5, 5.41) is 8.25. The third-order valence-electron chi connectivity index (χ3n) is 1.23. The molecule has 0 aromatic heterocycles. The molecule has 0 unspecified atom stereocenters. The average Bonchev–Trinajstić information content (AvgIpc) is 1.82. The van der Waals surface area contributed by atoms with Crippen LogP contribution in [0.15, 0.2) is 12.2 Å². The Morgan fingerprint density at radius 3 is 2.55 bits per heavy atom. The van der Waals surface area contributed by atoms with Crippen molar-refractivity contribution in [3.63, 3.8) is 0 Å². The summed E-state index contributed by atoms with van der Waals surface area (Å²) < 4.78 is 0. The summed E-state index contributed by atoms with van der Waals surface area (Å²) in [4.78, 5) is 10.0. The second-order valence-corrected chi connectivity index (χ2v) is 2.99. The Morgan fingerprint density at radius 2 is 2.18 bits per heavy atom. The minimum Gasteiger partial charge on any atom is -0.478 e. The van der Waals surface area contributed by atoms with Crippen molar-refractivity contribution in [2.75, 3.05) is 0 Å². The summed E-state index contributed by atoms with van der Waals surface area (Å²) >= 11 is 0. The van der Waals surface area contributed by atoms with Gasteiger partial charge in [-0.2, -0.15) is 0 Å². The number of hydrogen-bond donors (Lipinski definition) is 2. The third-order valence-corrected chi connectivity index (χ3v) is 1.23. The molecule has 0 aromatic rings. The number of aliphatic carboxylic acids is 1. The van der Waals surface area contributed by atoms with Gasteiger partial charge in [-0.3, -0.25) is 0 Å². The Morgan fingerprint density at radius 1 is 1.64 bits per heavy atom. The molecule has 3 heteroatoms. The second-order valence-electron chi connectivity index (χ2n) is 2.99. The van der Waals surface area contributed by atoms with E-state index < -0.39 is 5.97 Å². The molecule has 0 bridgehead atoms. The Labute approximate surface area is 66.9 Å². The van der Waals surface area contributed by atoms with Crippen LogP contribution in [0, 0.1) is 5.92 Å². The Bertz CT molecular complexity index is 152. The van der Waals surface area contributed by atoms with E-state index in [-0.39, 0.29) is 6.04 Å². The van der Waals surface area contributed by atoms with Gasteiger partial charge in [0.15, 0.2) is 0 Å².